The van der Waals surface area contributed by atoms with Crippen LogP contribution in [-0.2, 0) is 29.0 Å². The van der Waals surface area contributed by atoms with Crippen molar-refractivity contribution in [3.63, 3.8) is 0 Å². The number of halogens is 1. The summed E-state index contributed by atoms with van der Waals surface area (Å²) in [6.45, 7) is 3.75. The van der Waals surface area contributed by atoms with Gasteiger partial charge in [-0.2, -0.15) is 0 Å². The van der Waals surface area contributed by atoms with Crippen LogP contribution >= 0.6 is 11.6 Å². The average Bonchev–Trinajstić information content (AvgIpc) is 3.13. The van der Waals surface area contributed by atoms with E-state index < -0.39 is 5.54 Å². The van der Waals surface area contributed by atoms with Crippen LogP contribution in [0.15, 0.2) is 48.5 Å². The van der Waals surface area contributed by atoms with E-state index >= 15 is 0 Å². The van der Waals surface area contributed by atoms with Crippen LogP contribution in [0.25, 0.3) is 0 Å². The molecule has 2 amide bonds. The SMILES string of the molecule is C[C@@]1(C(=O)NC2CCCCCC2)CN2Cc3ccccc3C[C@@H]2C(=O)N1CCc1ccc(Cl)cc1. The predicted octanol–water partition coefficient (Wildman–Crippen LogP) is 4.75. The number of hydrogen-bond acceptors (Lipinski definition) is 3. The van der Waals surface area contributed by atoms with Gasteiger partial charge in [0.25, 0.3) is 0 Å². The van der Waals surface area contributed by atoms with Gasteiger partial charge in [-0.05, 0) is 61.4 Å². The van der Waals surface area contributed by atoms with Crippen molar-refractivity contribution in [1.82, 2.24) is 15.1 Å². The first-order valence-corrected chi connectivity index (χ1v) is 13.5. The minimum Gasteiger partial charge on any atom is -0.351 e. The molecule has 0 spiro atoms. The van der Waals surface area contributed by atoms with E-state index in [-0.39, 0.29) is 23.9 Å². The molecule has 5 rings (SSSR count). The van der Waals surface area contributed by atoms with Crippen molar-refractivity contribution in [2.24, 2.45) is 0 Å². The largest absolute Gasteiger partial charge is 0.351 e. The van der Waals surface area contributed by atoms with Crippen LogP contribution in [0.2, 0.25) is 5.02 Å². The summed E-state index contributed by atoms with van der Waals surface area (Å²) in [5.41, 5.74) is 2.72. The topological polar surface area (TPSA) is 52.7 Å². The van der Waals surface area contributed by atoms with E-state index in [0.29, 0.717) is 37.5 Å². The molecule has 1 saturated carbocycles. The van der Waals surface area contributed by atoms with Crippen LogP contribution in [0.1, 0.15) is 62.1 Å². The maximum Gasteiger partial charge on any atom is 0.247 e. The van der Waals surface area contributed by atoms with Crippen LogP contribution in [-0.4, -0.2) is 52.3 Å². The van der Waals surface area contributed by atoms with Crippen LogP contribution < -0.4 is 5.32 Å². The number of rotatable bonds is 5. The Morgan fingerprint density at radius 2 is 1.71 bits per heavy atom. The molecule has 35 heavy (non-hydrogen) atoms. The number of hydrogen-bond donors (Lipinski definition) is 1. The quantitative estimate of drug-likeness (QED) is 0.611. The highest BCUT2D eigenvalue weighted by atomic mass is 35.5. The molecule has 1 N–H and O–H groups in total. The van der Waals surface area contributed by atoms with Crippen LogP contribution in [0.3, 0.4) is 0 Å². The Balaban J connectivity index is 1.41. The molecule has 0 unspecified atom stereocenters. The summed E-state index contributed by atoms with van der Waals surface area (Å²) in [5, 5.41) is 4.06. The fourth-order valence-electron chi connectivity index (χ4n) is 6.10. The smallest absolute Gasteiger partial charge is 0.247 e. The monoisotopic (exact) mass is 493 g/mol. The average molecular weight is 494 g/mol. The summed E-state index contributed by atoms with van der Waals surface area (Å²) in [6.07, 6.45) is 8.25. The van der Waals surface area contributed by atoms with Gasteiger partial charge in [0.15, 0.2) is 0 Å². The number of fused-ring (bicyclic) bond motifs is 2. The van der Waals surface area contributed by atoms with Crippen molar-refractivity contribution in [2.45, 2.75) is 82.5 Å². The van der Waals surface area contributed by atoms with Gasteiger partial charge in [0, 0.05) is 30.7 Å². The summed E-state index contributed by atoms with van der Waals surface area (Å²) in [5.74, 6) is 0.0596. The van der Waals surface area contributed by atoms with Gasteiger partial charge in [-0.1, -0.05) is 73.7 Å². The van der Waals surface area contributed by atoms with Gasteiger partial charge < -0.3 is 10.2 Å². The molecular weight excluding hydrogens is 458 g/mol. The van der Waals surface area contributed by atoms with Crippen LogP contribution in [0.4, 0.5) is 0 Å². The molecular formula is C29H36ClN3O2. The lowest BCUT2D eigenvalue weighted by molar-refractivity contribution is -0.162. The maximum absolute atomic E-state index is 14.0. The molecule has 6 heteroatoms. The first-order chi connectivity index (χ1) is 16.9. The van der Waals surface area contributed by atoms with Crippen molar-refractivity contribution < 1.29 is 9.59 Å². The Kier molecular flexibility index (Phi) is 7.17. The van der Waals surface area contributed by atoms with E-state index in [9.17, 15) is 9.59 Å². The minimum atomic E-state index is -0.904. The number of piperazine rings is 1. The second kappa shape index (κ2) is 10.3. The lowest BCUT2D eigenvalue weighted by Gasteiger charge is -2.52. The summed E-state index contributed by atoms with van der Waals surface area (Å²) in [4.78, 5) is 32.0. The maximum atomic E-state index is 14.0. The lowest BCUT2D eigenvalue weighted by atomic mass is 9.85. The number of carbonyl (C=O) groups is 2. The summed E-state index contributed by atoms with van der Waals surface area (Å²) >= 11 is 6.07. The highest BCUT2D eigenvalue weighted by Crippen LogP contribution is 2.34. The molecule has 0 aromatic heterocycles. The number of carbonyl (C=O) groups excluding carboxylic acids is 2. The molecule has 1 saturated heterocycles. The minimum absolute atomic E-state index is 0.00818. The second-order valence-electron chi connectivity index (χ2n) is 10.7. The standard InChI is InChI=1S/C29H36ClN3O2/c1-29(28(35)31-25-10-4-2-3-5-11-25)20-32-19-23-9-7-6-8-22(23)18-26(32)27(34)33(29)17-16-21-12-14-24(30)15-13-21/h6-9,12-15,25-26H,2-5,10-11,16-20H2,1H3,(H,31,35)/t26-,29+/m1/s1. The van der Waals surface area contributed by atoms with Crippen molar-refractivity contribution >= 4 is 23.4 Å². The Bertz CT molecular complexity index is 1060. The zero-order valence-corrected chi connectivity index (χ0v) is 21.4. The molecule has 0 bridgehead atoms. The number of nitrogens with one attached hydrogen (secondary N) is 1. The number of benzene rings is 2. The third-order valence-electron chi connectivity index (χ3n) is 8.22. The Hall–Kier alpha value is -2.37. The van der Waals surface area contributed by atoms with Gasteiger partial charge in [-0.3, -0.25) is 14.5 Å². The Morgan fingerprint density at radius 3 is 2.43 bits per heavy atom. The first-order valence-electron chi connectivity index (χ1n) is 13.1. The summed E-state index contributed by atoms with van der Waals surface area (Å²) in [6, 6.07) is 16.1. The van der Waals surface area contributed by atoms with Crippen molar-refractivity contribution in [2.75, 3.05) is 13.1 Å². The normalized spacial score (nSPS) is 25.5. The Labute approximate surface area is 213 Å². The van der Waals surface area contributed by atoms with Crippen molar-refractivity contribution in [3.05, 3.63) is 70.2 Å². The predicted molar refractivity (Wildman–Crippen MR) is 139 cm³/mol. The fraction of sp³-hybridized carbons (Fsp3) is 0.517. The van der Waals surface area contributed by atoms with E-state index in [1.54, 1.807) is 0 Å². The highest BCUT2D eigenvalue weighted by molar-refractivity contribution is 6.30. The summed E-state index contributed by atoms with van der Waals surface area (Å²) in [7, 11) is 0. The molecule has 5 nitrogen and oxygen atoms in total. The van der Waals surface area contributed by atoms with Crippen LogP contribution in [0, 0.1) is 0 Å². The molecule has 2 aromatic rings. The van der Waals surface area contributed by atoms with E-state index in [1.165, 1.54) is 24.0 Å². The van der Waals surface area contributed by atoms with Gasteiger partial charge in [-0.15, -0.1) is 0 Å². The third kappa shape index (κ3) is 5.12. The fourth-order valence-corrected chi connectivity index (χ4v) is 6.22. The molecule has 2 fully saturated rings. The second-order valence-corrected chi connectivity index (χ2v) is 11.1. The van der Waals surface area contributed by atoms with E-state index in [2.05, 4.69) is 28.4 Å². The summed E-state index contributed by atoms with van der Waals surface area (Å²) < 4.78 is 0. The van der Waals surface area contributed by atoms with E-state index in [4.69, 9.17) is 11.6 Å². The zero-order chi connectivity index (χ0) is 24.4. The van der Waals surface area contributed by atoms with Gasteiger partial charge >= 0.3 is 0 Å². The number of amides is 2. The van der Waals surface area contributed by atoms with E-state index in [1.807, 2.05) is 42.2 Å². The van der Waals surface area contributed by atoms with Crippen LogP contribution in [0.5, 0.6) is 0 Å². The molecule has 186 valence electrons. The van der Waals surface area contributed by atoms with Gasteiger partial charge in [0.1, 0.15) is 5.54 Å². The van der Waals surface area contributed by atoms with Gasteiger partial charge in [0.05, 0.1) is 6.04 Å². The third-order valence-corrected chi connectivity index (χ3v) is 8.47. The van der Waals surface area contributed by atoms with Crippen molar-refractivity contribution in [1.29, 1.82) is 0 Å². The molecule has 3 aliphatic rings. The highest BCUT2D eigenvalue weighted by Gasteiger charge is 2.52. The molecule has 2 atom stereocenters. The number of nitrogens with zero attached hydrogens (tertiary/aromatic N) is 2. The zero-order valence-electron chi connectivity index (χ0n) is 20.6. The van der Waals surface area contributed by atoms with Gasteiger partial charge in [-0.25, -0.2) is 0 Å². The molecule has 2 aliphatic heterocycles. The molecule has 1 aliphatic carbocycles. The lowest BCUT2D eigenvalue weighted by Crippen LogP contribution is -2.73. The van der Waals surface area contributed by atoms with E-state index in [0.717, 1.165) is 31.2 Å². The molecule has 2 aromatic carbocycles. The first kappa shape index (κ1) is 24.3. The Morgan fingerprint density at radius 1 is 1.03 bits per heavy atom. The molecule has 0 radical (unpaired) electrons. The van der Waals surface area contributed by atoms with Crippen molar-refractivity contribution in [3.8, 4) is 0 Å². The molecule has 2 heterocycles. The van der Waals surface area contributed by atoms with Gasteiger partial charge in [0.2, 0.25) is 11.8 Å².